The van der Waals surface area contributed by atoms with Crippen molar-refractivity contribution in [1.82, 2.24) is 9.80 Å². The van der Waals surface area contributed by atoms with E-state index in [1.165, 1.54) is 0 Å². The Morgan fingerprint density at radius 2 is 1.92 bits per heavy atom. The van der Waals surface area contributed by atoms with Gasteiger partial charge in [-0.05, 0) is 14.1 Å². The van der Waals surface area contributed by atoms with E-state index < -0.39 is 0 Å². The van der Waals surface area contributed by atoms with Crippen molar-refractivity contribution >= 4 is 6.21 Å². The molecule has 0 unspecified atom stereocenters. The molecule has 0 aromatic carbocycles. The molecule has 3 heteroatoms. The predicted octanol–water partition coefficient (Wildman–Crippen LogP) is 1.21. The average Bonchev–Trinajstić information content (AvgIpc) is 2.10. The molecule has 74 valence electrons. The molecule has 0 N–H and O–H groups in total. The first-order valence-corrected chi connectivity index (χ1v) is 4.27. The molecule has 0 aromatic rings. The highest BCUT2D eigenvalue weighted by Crippen LogP contribution is 1.98. The predicted molar refractivity (Wildman–Crippen MR) is 59.0 cm³/mol. The maximum absolute atomic E-state index is 4.09. The summed E-state index contributed by atoms with van der Waals surface area (Å²) in [6, 6.07) is 0. The normalized spacial score (nSPS) is 10.8. The van der Waals surface area contributed by atoms with E-state index in [2.05, 4.69) is 23.1 Å². The summed E-state index contributed by atoms with van der Waals surface area (Å²) in [5, 5.41) is 0. The first kappa shape index (κ1) is 11.9. The number of hydrogen-bond acceptors (Lipinski definition) is 3. The number of rotatable bonds is 6. The van der Waals surface area contributed by atoms with E-state index in [0.29, 0.717) is 0 Å². The van der Waals surface area contributed by atoms with Gasteiger partial charge in [0.25, 0.3) is 0 Å². The molecule has 0 amide bonds. The highest BCUT2D eigenvalue weighted by atomic mass is 15.2. The van der Waals surface area contributed by atoms with Crippen molar-refractivity contribution in [3.05, 3.63) is 25.1 Å². The molecule has 0 fully saturated rings. The lowest BCUT2D eigenvalue weighted by molar-refractivity contribution is 0.325. The fourth-order valence-electron chi connectivity index (χ4n) is 0.716. The number of nitrogens with zero attached hydrogens (tertiary/aromatic N) is 3. The van der Waals surface area contributed by atoms with Gasteiger partial charge in [0.15, 0.2) is 0 Å². The third-order valence-electron chi connectivity index (χ3n) is 1.65. The van der Waals surface area contributed by atoms with Crippen molar-refractivity contribution in [3.8, 4) is 0 Å². The second-order valence-electron chi connectivity index (χ2n) is 3.15. The topological polar surface area (TPSA) is 18.8 Å². The summed E-state index contributed by atoms with van der Waals surface area (Å²) < 4.78 is 0. The lowest BCUT2D eigenvalue weighted by Crippen LogP contribution is -2.27. The lowest BCUT2D eigenvalue weighted by Gasteiger charge is -2.20. The lowest BCUT2D eigenvalue weighted by atomic mass is 10.5. The first-order chi connectivity index (χ1) is 6.07. The largest absolute Gasteiger partial charge is 0.359 e. The van der Waals surface area contributed by atoms with Gasteiger partial charge >= 0.3 is 0 Å². The summed E-state index contributed by atoms with van der Waals surface area (Å²) in [5.74, 6) is 0.766. The third-order valence-corrected chi connectivity index (χ3v) is 1.65. The number of hydrogen-bond donors (Lipinski definition) is 0. The SMILES string of the molecule is C=C/C=N\C(=C)N(C)CCN(C)C. The van der Waals surface area contributed by atoms with Gasteiger partial charge in [-0.1, -0.05) is 19.2 Å². The molecular weight excluding hydrogens is 162 g/mol. The highest BCUT2D eigenvalue weighted by Gasteiger charge is 1.99. The van der Waals surface area contributed by atoms with Gasteiger partial charge in [0.2, 0.25) is 0 Å². The second-order valence-corrected chi connectivity index (χ2v) is 3.15. The summed E-state index contributed by atoms with van der Waals surface area (Å²) in [6.45, 7) is 9.31. The summed E-state index contributed by atoms with van der Waals surface area (Å²) in [4.78, 5) is 8.23. The van der Waals surface area contributed by atoms with Gasteiger partial charge in [0.05, 0.1) is 0 Å². The smallest absolute Gasteiger partial charge is 0.120 e. The minimum Gasteiger partial charge on any atom is -0.359 e. The van der Waals surface area contributed by atoms with Gasteiger partial charge in [-0.3, -0.25) is 0 Å². The molecule has 0 bridgehead atoms. The van der Waals surface area contributed by atoms with Crippen LogP contribution in [0.5, 0.6) is 0 Å². The molecule has 0 spiro atoms. The van der Waals surface area contributed by atoms with Gasteiger partial charge in [0.1, 0.15) is 5.82 Å². The minimum atomic E-state index is 0.766. The second kappa shape index (κ2) is 6.43. The van der Waals surface area contributed by atoms with Gasteiger partial charge < -0.3 is 9.80 Å². The molecule has 0 atom stereocenters. The van der Waals surface area contributed by atoms with Crippen LogP contribution in [0.2, 0.25) is 0 Å². The zero-order chi connectivity index (χ0) is 10.3. The molecule has 0 aliphatic carbocycles. The molecule has 0 heterocycles. The molecule has 0 aliphatic rings. The van der Waals surface area contributed by atoms with E-state index in [4.69, 9.17) is 0 Å². The zero-order valence-corrected chi connectivity index (χ0v) is 8.82. The Bertz CT molecular complexity index is 194. The van der Waals surface area contributed by atoms with Crippen LogP contribution in [0.3, 0.4) is 0 Å². The van der Waals surface area contributed by atoms with Gasteiger partial charge in [-0.2, -0.15) is 0 Å². The highest BCUT2D eigenvalue weighted by molar-refractivity contribution is 5.71. The first-order valence-electron chi connectivity index (χ1n) is 4.27. The molecule has 0 saturated carbocycles. The monoisotopic (exact) mass is 181 g/mol. The number of allylic oxidation sites excluding steroid dienone is 1. The van der Waals surface area contributed by atoms with Crippen LogP contribution < -0.4 is 0 Å². The third kappa shape index (κ3) is 6.11. The minimum absolute atomic E-state index is 0.766. The van der Waals surface area contributed by atoms with Crippen LogP contribution in [0.25, 0.3) is 0 Å². The Balaban J connectivity index is 3.82. The fraction of sp³-hybridized carbons (Fsp3) is 0.500. The van der Waals surface area contributed by atoms with Crippen molar-refractivity contribution in [2.45, 2.75) is 0 Å². The molecule has 0 rings (SSSR count). The van der Waals surface area contributed by atoms with E-state index >= 15 is 0 Å². The van der Waals surface area contributed by atoms with Crippen LogP contribution in [0.15, 0.2) is 30.0 Å². The van der Waals surface area contributed by atoms with Gasteiger partial charge in [-0.25, -0.2) is 4.99 Å². The van der Waals surface area contributed by atoms with E-state index in [0.717, 1.165) is 18.9 Å². The van der Waals surface area contributed by atoms with Crippen LogP contribution in [0.1, 0.15) is 0 Å². The van der Waals surface area contributed by atoms with Crippen LogP contribution in [0.4, 0.5) is 0 Å². The van der Waals surface area contributed by atoms with E-state index in [1.54, 1.807) is 12.3 Å². The summed E-state index contributed by atoms with van der Waals surface area (Å²) >= 11 is 0. The quantitative estimate of drug-likeness (QED) is 0.574. The molecule has 0 saturated heterocycles. The summed E-state index contributed by atoms with van der Waals surface area (Å²) in [7, 11) is 6.07. The zero-order valence-electron chi connectivity index (χ0n) is 8.82. The van der Waals surface area contributed by atoms with Crippen molar-refractivity contribution in [3.63, 3.8) is 0 Å². The van der Waals surface area contributed by atoms with Crippen molar-refractivity contribution in [2.24, 2.45) is 4.99 Å². The molecular formula is C10H19N3. The molecule has 3 nitrogen and oxygen atoms in total. The van der Waals surface area contributed by atoms with Crippen LogP contribution in [0, 0.1) is 0 Å². The Morgan fingerprint density at radius 3 is 2.38 bits per heavy atom. The Morgan fingerprint density at radius 1 is 1.31 bits per heavy atom. The van der Waals surface area contributed by atoms with Crippen molar-refractivity contribution in [1.29, 1.82) is 0 Å². The molecule has 13 heavy (non-hydrogen) atoms. The molecule has 0 aliphatic heterocycles. The average molecular weight is 181 g/mol. The van der Waals surface area contributed by atoms with Crippen LogP contribution >= 0.6 is 0 Å². The van der Waals surface area contributed by atoms with E-state index in [1.807, 2.05) is 26.0 Å². The maximum atomic E-state index is 4.09. The van der Waals surface area contributed by atoms with E-state index in [-0.39, 0.29) is 0 Å². The van der Waals surface area contributed by atoms with Crippen molar-refractivity contribution < 1.29 is 0 Å². The summed E-state index contributed by atoms with van der Waals surface area (Å²) in [5.41, 5.74) is 0. The Kier molecular flexibility index (Phi) is 5.89. The fourth-order valence-corrected chi connectivity index (χ4v) is 0.716. The van der Waals surface area contributed by atoms with Gasteiger partial charge in [-0.15, -0.1) is 0 Å². The molecule has 0 radical (unpaired) electrons. The molecule has 0 aromatic heterocycles. The Hall–Kier alpha value is -1.09. The standard InChI is InChI=1S/C10H19N3/c1-6-7-11-10(2)13(5)9-8-12(3)4/h6-7H,1-2,8-9H2,3-5H3/b11-7-. The summed E-state index contributed by atoms with van der Waals surface area (Å²) in [6.07, 6.45) is 3.29. The van der Waals surface area contributed by atoms with Crippen LogP contribution in [-0.2, 0) is 0 Å². The maximum Gasteiger partial charge on any atom is 0.120 e. The van der Waals surface area contributed by atoms with Crippen molar-refractivity contribution in [2.75, 3.05) is 34.2 Å². The number of likely N-dealkylation sites (N-methyl/N-ethyl adjacent to an activating group) is 2. The number of aliphatic imine (C=N–C) groups is 1. The van der Waals surface area contributed by atoms with Crippen LogP contribution in [-0.4, -0.2) is 50.2 Å². The Labute approximate surface area is 81.1 Å². The van der Waals surface area contributed by atoms with Gasteiger partial charge in [0, 0.05) is 26.4 Å². The van der Waals surface area contributed by atoms with E-state index in [9.17, 15) is 0 Å².